The predicted molar refractivity (Wildman–Crippen MR) is 121 cm³/mol. The van der Waals surface area contributed by atoms with E-state index >= 15 is 0 Å². The number of fused-ring (bicyclic) bond motifs is 2. The highest BCUT2D eigenvalue weighted by Crippen LogP contribution is 2.39. The number of hydrogen-bond acceptors (Lipinski definition) is 8. The Labute approximate surface area is 190 Å². The van der Waals surface area contributed by atoms with E-state index in [1.807, 2.05) is 18.2 Å². The SMILES string of the molecule is CC(=O)NC1Nc2ccc(-c3cnc4c(c3)N(C(=O)OC3CCCCC3)CCO4)nc2S1. The Bertz CT molecular complexity index is 1040. The van der Waals surface area contributed by atoms with Crippen LogP contribution in [0.4, 0.5) is 16.2 Å². The predicted octanol–water partition coefficient (Wildman–Crippen LogP) is 3.75. The van der Waals surface area contributed by atoms with E-state index in [1.165, 1.54) is 25.1 Å². The maximum atomic E-state index is 12.9. The minimum Gasteiger partial charge on any atom is -0.474 e. The lowest BCUT2D eigenvalue weighted by Gasteiger charge is -2.30. The number of hydrogen-bond donors (Lipinski definition) is 2. The first kappa shape index (κ1) is 20.9. The molecule has 2 aromatic rings. The molecule has 1 atom stereocenters. The zero-order valence-corrected chi connectivity index (χ0v) is 18.6. The van der Waals surface area contributed by atoms with Gasteiger partial charge in [0, 0.05) is 18.7 Å². The van der Waals surface area contributed by atoms with Crippen LogP contribution in [0.15, 0.2) is 29.4 Å². The summed E-state index contributed by atoms with van der Waals surface area (Å²) < 4.78 is 11.5. The Morgan fingerprint density at radius 3 is 2.94 bits per heavy atom. The lowest BCUT2D eigenvalue weighted by atomic mass is 9.98. The average Bonchev–Trinajstić information content (AvgIpc) is 3.19. The molecule has 1 fully saturated rings. The van der Waals surface area contributed by atoms with Crippen LogP contribution in [-0.2, 0) is 9.53 Å². The molecule has 1 unspecified atom stereocenters. The number of nitrogens with one attached hydrogen (secondary N) is 2. The van der Waals surface area contributed by atoms with Crippen LogP contribution in [0.2, 0.25) is 0 Å². The normalized spacial score (nSPS) is 19.9. The van der Waals surface area contributed by atoms with E-state index < -0.39 is 0 Å². The molecule has 1 aliphatic carbocycles. The van der Waals surface area contributed by atoms with Crippen LogP contribution in [0.3, 0.4) is 0 Å². The topological polar surface area (TPSA) is 106 Å². The van der Waals surface area contributed by atoms with Crippen LogP contribution < -0.4 is 20.3 Å². The molecular formula is C22H25N5O4S. The lowest BCUT2D eigenvalue weighted by Crippen LogP contribution is -2.40. The number of pyridine rings is 2. The van der Waals surface area contributed by atoms with Gasteiger partial charge in [0.2, 0.25) is 11.8 Å². The minimum absolute atomic E-state index is 0.0156. The van der Waals surface area contributed by atoms with Crippen LogP contribution in [0.1, 0.15) is 39.0 Å². The van der Waals surface area contributed by atoms with E-state index in [1.54, 1.807) is 11.1 Å². The summed E-state index contributed by atoms with van der Waals surface area (Å²) in [5.41, 5.74) is 2.72. The zero-order valence-electron chi connectivity index (χ0n) is 17.8. The number of aromatic nitrogens is 2. The van der Waals surface area contributed by atoms with Crippen LogP contribution >= 0.6 is 11.8 Å². The summed E-state index contributed by atoms with van der Waals surface area (Å²) in [7, 11) is 0. The number of nitrogens with zero attached hydrogens (tertiary/aromatic N) is 3. The summed E-state index contributed by atoms with van der Waals surface area (Å²) in [5, 5.41) is 6.84. The second-order valence-corrected chi connectivity index (χ2v) is 9.18. The minimum atomic E-state index is -0.347. The molecule has 2 N–H and O–H groups in total. The van der Waals surface area contributed by atoms with Gasteiger partial charge < -0.3 is 20.1 Å². The Balaban J connectivity index is 1.37. The molecule has 0 aromatic carbocycles. The number of ether oxygens (including phenoxy) is 2. The summed E-state index contributed by atoms with van der Waals surface area (Å²) >= 11 is 1.44. The van der Waals surface area contributed by atoms with Gasteiger partial charge in [0.25, 0.3) is 0 Å². The van der Waals surface area contributed by atoms with Crippen LogP contribution in [0.5, 0.6) is 5.88 Å². The third-order valence-corrected chi connectivity index (χ3v) is 6.73. The number of carbonyl (C=O) groups excluding carboxylic acids is 2. The largest absolute Gasteiger partial charge is 0.474 e. The Morgan fingerprint density at radius 1 is 1.28 bits per heavy atom. The molecule has 0 saturated heterocycles. The highest BCUT2D eigenvalue weighted by molar-refractivity contribution is 8.00. The molecule has 1 saturated carbocycles. The van der Waals surface area contributed by atoms with E-state index in [-0.39, 0.29) is 23.6 Å². The van der Waals surface area contributed by atoms with Gasteiger partial charge in [-0.15, -0.1) is 0 Å². The standard InChI is InChI=1S/C22H25N5O4S/c1-13(28)24-21-26-17-8-7-16(25-20(17)32-21)14-11-18-19(23-12-14)30-10-9-27(18)22(29)31-15-5-3-2-4-6-15/h7-8,11-12,15,21,26H,2-6,9-10H2,1H3,(H,24,28). The van der Waals surface area contributed by atoms with E-state index in [4.69, 9.17) is 14.5 Å². The van der Waals surface area contributed by atoms with Crippen LogP contribution in [0, 0.1) is 0 Å². The van der Waals surface area contributed by atoms with Crippen molar-refractivity contribution in [3.63, 3.8) is 0 Å². The van der Waals surface area contributed by atoms with Crippen molar-refractivity contribution in [2.24, 2.45) is 0 Å². The van der Waals surface area contributed by atoms with E-state index in [2.05, 4.69) is 15.6 Å². The maximum Gasteiger partial charge on any atom is 0.414 e. The van der Waals surface area contributed by atoms with E-state index in [0.29, 0.717) is 24.7 Å². The molecule has 10 heteroatoms. The summed E-state index contributed by atoms with van der Waals surface area (Å²) in [6.07, 6.45) is 6.58. The Morgan fingerprint density at radius 2 is 2.12 bits per heavy atom. The fourth-order valence-corrected chi connectivity index (χ4v) is 5.19. The zero-order chi connectivity index (χ0) is 22.1. The second-order valence-electron chi connectivity index (χ2n) is 8.08. The van der Waals surface area contributed by atoms with Gasteiger partial charge in [-0.05, 0) is 43.9 Å². The molecule has 2 amide bonds. The first-order chi connectivity index (χ1) is 15.6. The van der Waals surface area contributed by atoms with Crippen molar-refractivity contribution in [1.82, 2.24) is 15.3 Å². The van der Waals surface area contributed by atoms with Gasteiger partial charge in [0.1, 0.15) is 23.4 Å². The van der Waals surface area contributed by atoms with Crippen LogP contribution in [-0.4, -0.2) is 46.7 Å². The molecular weight excluding hydrogens is 430 g/mol. The molecule has 3 aliphatic rings. The number of thioether (sulfide) groups is 1. The number of carbonyl (C=O) groups is 2. The quantitative estimate of drug-likeness (QED) is 0.721. The molecule has 9 nitrogen and oxygen atoms in total. The lowest BCUT2D eigenvalue weighted by molar-refractivity contribution is -0.119. The molecule has 0 bridgehead atoms. The third-order valence-electron chi connectivity index (χ3n) is 5.72. The van der Waals surface area contributed by atoms with Gasteiger partial charge >= 0.3 is 6.09 Å². The van der Waals surface area contributed by atoms with Crippen molar-refractivity contribution in [2.45, 2.75) is 55.7 Å². The fraction of sp³-hybridized carbons (Fsp3) is 0.455. The Kier molecular flexibility index (Phi) is 5.77. The molecule has 168 valence electrons. The van der Waals surface area contributed by atoms with Gasteiger partial charge in [0.05, 0.1) is 17.9 Å². The van der Waals surface area contributed by atoms with Gasteiger partial charge in [-0.2, -0.15) is 0 Å². The van der Waals surface area contributed by atoms with Crippen LogP contribution in [0.25, 0.3) is 11.3 Å². The van der Waals surface area contributed by atoms with Gasteiger partial charge in [-0.3, -0.25) is 9.69 Å². The summed E-state index contributed by atoms with van der Waals surface area (Å²) in [6, 6.07) is 5.69. The van der Waals surface area contributed by atoms with Gasteiger partial charge in [-0.1, -0.05) is 18.2 Å². The molecule has 4 heterocycles. The number of rotatable bonds is 3. The number of anilines is 2. The van der Waals surface area contributed by atoms with Crippen molar-refractivity contribution in [1.29, 1.82) is 0 Å². The smallest absolute Gasteiger partial charge is 0.414 e. The first-order valence-electron chi connectivity index (χ1n) is 10.9. The maximum absolute atomic E-state index is 12.9. The summed E-state index contributed by atoms with van der Waals surface area (Å²) in [6.45, 7) is 2.28. The molecule has 2 aliphatic heterocycles. The van der Waals surface area contributed by atoms with Crippen molar-refractivity contribution in [3.05, 3.63) is 24.4 Å². The molecule has 32 heavy (non-hydrogen) atoms. The monoisotopic (exact) mass is 455 g/mol. The van der Waals surface area contributed by atoms with Crippen molar-refractivity contribution >= 4 is 35.1 Å². The van der Waals surface area contributed by atoms with E-state index in [0.717, 1.165) is 47.7 Å². The van der Waals surface area contributed by atoms with Gasteiger partial charge in [-0.25, -0.2) is 14.8 Å². The first-order valence-corrected chi connectivity index (χ1v) is 11.8. The summed E-state index contributed by atoms with van der Waals surface area (Å²) in [5.74, 6) is 0.311. The highest BCUT2D eigenvalue weighted by Gasteiger charge is 2.30. The highest BCUT2D eigenvalue weighted by atomic mass is 32.2. The molecule has 0 spiro atoms. The summed E-state index contributed by atoms with van der Waals surface area (Å²) in [4.78, 5) is 35.0. The second kappa shape index (κ2) is 8.85. The van der Waals surface area contributed by atoms with Crippen molar-refractivity contribution in [2.75, 3.05) is 23.4 Å². The fourth-order valence-electron chi connectivity index (χ4n) is 4.15. The molecule has 5 rings (SSSR count). The van der Waals surface area contributed by atoms with E-state index in [9.17, 15) is 9.59 Å². The van der Waals surface area contributed by atoms with Gasteiger partial charge in [0.15, 0.2) is 5.50 Å². The van der Waals surface area contributed by atoms with Crippen molar-refractivity contribution in [3.8, 4) is 17.1 Å². The molecule has 0 radical (unpaired) electrons. The average molecular weight is 456 g/mol. The molecule has 2 aromatic heterocycles. The Hall–Kier alpha value is -3.01. The number of amides is 2. The van der Waals surface area contributed by atoms with Crippen molar-refractivity contribution < 1.29 is 19.1 Å². The third kappa shape index (κ3) is 4.32.